The summed E-state index contributed by atoms with van der Waals surface area (Å²) in [5.74, 6) is -0.892. The zero-order valence-corrected chi connectivity index (χ0v) is 13.5. The average Bonchev–Trinajstić information content (AvgIpc) is 2.55. The Hall–Kier alpha value is -3.09. The van der Waals surface area contributed by atoms with Gasteiger partial charge in [0.15, 0.2) is 0 Å². The molecule has 0 fully saturated rings. The topological polar surface area (TPSA) is 76.7 Å². The molecule has 2 amide bonds. The molecule has 7 heteroatoms. The molecule has 0 aromatic heterocycles. The van der Waals surface area contributed by atoms with E-state index in [4.69, 9.17) is 9.47 Å². The van der Waals surface area contributed by atoms with Crippen LogP contribution in [0, 0.1) is 5.82 Å². The van der Waals surface area contributed by atoms with Crippen molar-refractivity contribution in [3.63, 3.8) is 0 Å². The summed E-state index contributed by atoms with van der Waals surface area (Å²) in [5, 5.41) is 5.17. The van der Waals surface area contributed by atoms with E-state index in [2.05, 4.69) is 10.6 Å². The lowest BCUT2D eigenvalue weighted by atomic mass is 10.1. The molecule has 0 bridgehead atoms. The van der Waals surface area contributed by atoms with E-state index in [1.165, 1.54) is 51.5 Å². The Kier molecular flexibility index (Phi) is 5.36. The summed E-state index contributed by atoms with van der Waals surface area (Å²) in [5.41, 5.74) is 0.529. The van der Waals surface area contributed by atoms with Crippen LogP contribution >= 0.6 is 0 Å². The highest BCUT2D eigenvalue weighted by atomic mass is 19.1. The molecule has 0 saturated carbocycles. The van der Waals surface area contributed by atoms with Crippen LogP contribution in [0.1, 0.15) is 17.3 Å². The number of methoxy groups -OCH3 is 2. The molecule has 2 N–H and O–H groups in total. The molecule has 126 valence electrons. The summed E-state index contributed by atoms with van der Waals surface area (Å²) in [6.45, 7) is 1.35. The van der Waals surface area contributed by atoms with Gasteiger partial charge in [0.2, 0.25) is 5.91 Å². The number of hydrogen-bond donors (Lipinski definition) is 2. The SMILES string of the molecule is COc1cc(OC)c(NC(=O)c2ccccc2F)cc1NC(C)=O. The zero-order chi connectivity index (χ0) is 17.7. The number of anilines is 2. The molecule has 0 atom stereocenters. The Morgan fingerprint density at radius 3 is 2.08 bits per heavy atom. The zero-order valence-electron chi connectivity index (χ0n) is 13.5. The standard InChI is InChI=1S/C17H17FN2O4/c1-10(21)19-13-8-14(16(24-3)9-15(13)23-2)20-17(22)11-6-4-5-7-12(11)18/h4-9H,1-3H3,(H,19,21)(H,20,22). The maximum Gasteiger partial charge on any atom is 0.258 e. The number of amides is 2. The van der Waals surface area contributed by atoms with E-state index >= 15 is 0 Å². The molecule has 0 unspecified atom stereocenters. The number of rotatable bonds is 5. The van der Waals surface area contributed by atoms with Gasteiger partial charge in [-0.2, -0.15) is 0 Å². The van der Waals surface area contributed by atoms with E-state index < -0.39 is 11.7 Å². The highest BCUT2D eigenvalue weighted by Gasteiger charge is 2.17. The van der Waals surface area contributed by atoms with Crippen LogP contribution in [0.3, 0.4) is 0 Å². The van der Waals surface area contributed by atoms with Crippen molar-refractivity contribution in [2.24, 2.45) is 0 Å². The molecule has 0 aliphatic rings. The van der Waals surface area contributed by atoms with Crippen molar-refractivity contribution in [1.29, 1.82) is 0 Å². The lowest BCUT2D eigenvalue weighted by molar-refractivity contribution is -0.114. The molecule has 2 aromatic carbocycles. The minimum Gasteiger partial charge on any atom is -0.494 e. The first-order valence-corrected chi connectivity index (χ1v) is 7.05. The van der Waals surface area contributed by atoms with Gasteiger partial charge >= 0.3 is 0 Å². The first-order valence-electron chi connectivity index (χ1n) is 7.05. The molecule has 2 aromatic rings. The van der Waals surface area contributed by atoms with E-state index in [-0.39, 0.29) is 17.2 Å². The maximum atomic E-state index is 13.7. The average molecular weight is 332 g/mol. The lowest BCUT2D eigenvalue weighted by Gasteiger charge is -2.16. The van der Waals surface area contributed by atoms with Crippen molar-refractivity contribution >= 4 is 23.2 Å². The van der Waals surface area contributed by atoms with Crippen LogP contribution < -0.4 is 20.1 Å². The van der Waals surface area contributed by atoms with Crippen LogP contribution in [0.25, 0.3) is 0 Å². The summed E-state index contributed by atoms with van der Waals surface area (Å²) in [6.07, 6.45) is 0. The van der Waals surface area contributed by atoms with Gasteiger partial charge < -0.3 is 20.1 Å². The van der Waals surface area contributed by atoms with Crippen LogP contribution in [0.2, 0.25) is 0 Å². The Morgan fingerprint density at radius 1 is 0.958 bits per heavy atom. The number of halogens is 1. The van der Waals surface area contributed by atoms with Crippen molar-refractivity contribution < 1.29 is 23.5 Å². The van der Waals surface area contributed by atoms with Crippen molar-refractivity contribution in [2.45, 2.75) is 6.92 Å². The van der Waals surface area contributed by atoms with E-state index in [0.717, 1.165) is 0 Å². The molecular formula is C17H17FN2O4. The van der Waals surface area contributed by atoms with Gasteiger partial charge in [0.05, 0.1) is 31.2 Å². The first kappa shape index (κ1) is 17.3. The number of carbonyl (C=O) groups excluding carboxylic acids is 2. The second-order valence-corrected chi connectivity index (χ2v) is 4.87. The predicted octanol–water partition coefficient (Wildman–Crippen LogP) is 3.05. The number of hydrogen-bond acceptors (Lipinski definition) is 4. The molecule has 6 nitrogen and oxygen atoms in total. The quantitative estimate of drug-likeness (QED) is 0.882. The third-order valence-electron chi connectivity index (χ3n) is 3.20. The molecule has 0 spiro atoms. The Morgan fingerprint density at radius 2 is 1.54 bits per heavy atom. The Labute approximate surface area is 138 Å². The largest absolute Gasteiger partial charge is 0.494 e. The second kappa shape index (κ2) is 7.45. The second-order valence-electron chi connectivity index (χ2n) is 4.87. The highest BCUT2D eigenvalue weighted by Crippen LogP contribution is 2.36. The predicted molar refractivity (Wildman–Crippen MR) is 88.2 cm³/mol. The number of carbonyl (C=O) groups is 2. The van der Waals surface area contributed by atoms with Gasteiger partial charge in [0.1, 0.15) is 17.3 Å². The van der Waals surface area contributed by atoms with Crippen LogP contribution in [0.15, 0.2) is 36.4 Å². The number of benzene rings is 2. The highest BCUT2D eigenvalue weighted by molar-refractivity contribution is 6.06. The van der Waals surface area contributed by atoms with E-state index in [9.17, 15) is 14.0 Å². The van der Waals surface area contributed by atoms with Crippen LogP contribution in [-0.2, 0) is 4.79 Å². The first-order chi connectivity index (χ1) is 11.5. The number of nitrogens with one attached hydrogen (secondary N) is 2. The van der Waals surface area contributed by atoms with Crippen LogP contribution in [-0.4, -0.2) is 26.0 Å². The molecule has 0 radical (unpaired) electrons. The monoisotopic (exact) mass is 332 g/mol. The van der Waals surface area contributed by atoms with Gasteiger partial charge in [-0.05, 0) is 18.2 Å². The fourth-order valence-corrected chi connectivity index (χ4v) is 2.12. The molecule has 24 heavy (non-hydrogen) atoms. The normalized spacial score (nSPS) is 10.0. The molecule has 0 heterocycles. The van der Waals surface area contributed by atoms with Crippen molar-refractivity contribution in [1.82, 2.24) is 0 Å². The number of ether oxygens (including phenoxy) is 2. The van der Waals surface area contributed by atoms with E-state index in [1.807, 2.05) is 0 Å². The maximum absolute atomic E-state index is 13.7. The molecule has 2 rings (SSSR count). The summed E-state index contributed by atoms with van der Waals surface area (Å²) < 4.78 is 24.1. The smallest absolute Gasteiger partial charge is 0.258 e. The Balaban J connectivity index is 2.39. The summed E-state index contributed by atoms with van der Waals surface area (Å²) in [6, 6.07) is 8.62. The van der Waals surface area contributed by atoms with Gasteiger partial charge in [-0.3, -0.25) is 9.59 Å². The van der Waals surface area contributed by atoms with Crippen molar-refractivity contribution in [3.05, 3.63) is 47.8 Å². The summed E-state index contributed by atoms with van der Waals surface area (Å²) in [4.78, 5) is 23.6. The third kappa shape index (κ3) is 3.81. The molecule has 0 aliphatic carbocycles. The van der Waals surface area contributed by atoms with Gasteiger partial charge in [-0.25, -0.2) is 4.39 Å². The Bertz CT molecular complexity index is 777. The fraction of sp³-hybridized carbons (Fsp3) is 0.176. The van der Waals surface area contributed by atoms with Gasteiger partial charge in [0.25, 0.3) is 5.91 Å². The minimum absolute atomic E-state index is 0.101. The lowest BCUT2D eigenvalue weighted by Crippen LogP contribution is -2.15. The van der Waals surface area contributed by atoms with Gasteiger partial charge in [-0.1, -0.05) is 12.1 Å². The molecular weight excluding hydrogens is 315 g/mol. The summed E-state index contributed by atoms with van der Waals surface area (Å²) >= 11 is 0. The summed E-state index contributed by atoms with van der Waals surface area (Å²) in [7, 11) is 2.86. The van der Waals surface area contributed by atoms with Crippen LogP contribution in [0.5, 0.6) is 11.5 Å². The fourth-order valence-electron chi connectivity index (χ4n) is 2.12. The van der Waals surface area contributed by atoms with E-state index in [1.54, 1.807) is 6.07 Å². The minimum atomic E-state index is -0.635. The molecule has 0 aliphatic heterocycles. The molecule has 0 saturated heterocycles. The van der Waals surface area contributed by atoms with Gasteiger partial charge in [-0.15, -0.1) is 0 Å². The van der Waals surface area contributed by atoms with Gasteiger partial charge in [0, 0.05) is 13.0 Å². The van der Waals surface area contributed by atoms with Crippen molar-refractivity contribution in [3.8, 4) is 11.5 Å². The van der Waals surface area contributed by atoms with E-state index in [0.29, 0.717) is 17.2 Å². The third-order valence-corrected chi connectivity index (χ3v) is 3.20. The van der Waals surface area contributed by atoms with Crippen molar-refractivity contribution in [2.75, 3.05) is 24.9 Å². The van der Waals surface area contributed by atoms with Crippen LogP contribution in [0.4, 0.5) is 15.8 Å².